The highest BCUT2D eigenvalue weighted by atomic mass is 16.5. The predicted molar refractivity (Wildman–Crippen MR) is 71.5 cm³/mol. The van der Waals surface area contributed by atoms with Gasteiger partial charge in [0.2, 0.25) is 11.8 Å². The minimum atomic E-state index is -0.886. The molecule has 0 heterocycles. The lowest BCUT2D eigenvalue weighted by atomic mass is 10.1. The normalized spacial score (nSPS) is 11.7. The molecular weight excluding hydrogens is 246 g/mol. The Kier molecular flexibility index (Phi) is 5.81. The lowest BCUT2D eigenvalue weighted by Gasteiger charge is -2.10. The molecule has 0 aliphatic carbocycles. The fourth-order valence-electron chi connectivity index (χ4n) is 1.60. The Hall–Kier alpha value is -2.08. The number of methoxy groups -OCH3 is 1. The summed E-state index contributed by atoms with van der Waals surface area (Å²) in [4.78, 5) is 22.2. The highest BCUT2D eigenvalue weighted by Gasteiger charge is 2.15. The second kappa shape index (κ2) is 7.38. The summed E-state index contributed by atoms with van der Waals surface area (Å²) in [6, 6.07) is 6.69. The first-order valence-corrected chi connectivity index (χ1v) is 5.97. The van der Waals surface area contributed by atoms with Gasteiger partial charge in [-0.3, -0.25) is 9.59 Å². The molecule has 2 amide bonds. The molecule has 6 heteroatoms. The maximum Gasteiger partial charge on any atom is 0.237 e. The molecular formula is C13H19N3O3. The van der Waals surface area contributed by atoms with Crippen LogP contribution >= 0.6 is 0 Å². The van der Waals surface area contributed by atoms with E-state index >= 15 is 0 Å². The van der Waals surface area contributed by atoms with Gasteiger partial charge >= 0.3 is 0 Å². The lowest BCUT2D eigenvalue weighted by molar-refractivity contribution is -0.126. The SMILES string of the molecule is COc1cccc(CCNC(=O)[C@@H](N)CC(N)=O)c1. The molecule has 1 atom stereocenters. The van der Waals surface area contributed by atoms with Crippen molar-refractivity contribution in [2.45, 2.75) is 18.9 Å². The summed E-state index contributed by atoms with van der Waals surface area (Å²) in [6.07, 6.45) is 0.511. The van der Waals surface area contributed by atoms with Gasteiger partial charge < -0.3 is 21.5 Å². The van der Waals surface area contributed by atoms with E-state index in [1.54, 1.807) is 7.11 Å². The zero-order chi connectivity index (χ0) is 14.3. The standard InChI is InChI=1S/C13H19N3O3/c1-19-10-4-2-3-9(7-10)5-6-16-13(18)11(14)8-12(15)17/h2-4,7,11H,5-6,8,14H2,1H3,(H2,15,17)(H,16,18)/t11-/m0/s1. The first-order chi connectivity index (χ1) is 9.02. The van der Waals surface area contributed by atoms with Crippen LogP contribution in [0.15, 0.2) is 24.3 Å². The molecule has 0 aromatic heterocycles. The number of carbonyl (C=O) groups is 2. The Morgan fingerprint density at radius 2 is 2.16 bits per heavy atom. The Morgan fingerprint density at radius 1 is 1.42 bits per heavy atom. The van der Waals surface area contributed by atoms with E-state index in [0.717, 1.165) is 11.3 Å². The Balaban J connectivity index is 2.37. The fourth-order valence-corrected chi connectivity index (χ4v) is 1.60. The smallest absolute Gasteiger partial charge is 0.237 e. The van der Waals surface area contributed by atoms with Gasteiger partial charge in [0.1, 0.15) is 5.75 Å². The van der Waals surface area contributed by atoms with E-state index in [0.29, 0.717) is 13.0 Å². The van der Waals surface area contributed by atoms with Crippen molar-refractivity contribution in [2.24, 2.45) is 11.5 Å². The number of benzene rings is 1. The fraction of sp³-hybridized carbons (Fsp3) is 0.385. The molecule has 0 unspecified atom stereocenters. The van der Waals surface area contributed by atoms with Crippen molar-refractivity contribution < 1.29 is 14.3 Å². The number of nitrogens with one attached hydrogen (secondary N) is 1. The van der Waals surface area contributed by atoms with Gasteiger partial charge in [-0.2, -0.15) is 0 Å². The van der Waals surface area contributed by atoms with Crippen LogP contribution in [0.5, 0.6) is 5.75 Å². The first kappa shape index (κ1) is 15.0. The molecule has 19 heavy (non-hydrogen) atoms. The van der Waals surface area contributed by atoms with Gasteiger partial charge in [0.15, 0.2) is 0 Å². The average Bonchev–Trinajstić information content (AvgIpc) is 2.38. The van der Waals surface area contributed by atoms with Crippen molar-refractivity contribution >= 4 is 11.8 Å². The van der Waals surface area contributed by atoms with E-state index in [4.69, 9.17) is 16.2 Å². The largest absolute Gasteiger partial charge is 0.497 e. The van der Waals surface area contributed by atoms with Crippen molar-refractivity contribution in [1.82, 2.24) is 5.32 Å². The minimum absolute atomic E-state index is 0.148. The van der Waals surface area contributed by atoms with Crippen LogP contribution in [0.2, 0.25) is 0 Å². The van der Waals surface area contributed by atoms with E-state index in [1.807, 2.05) is 24.3 Å². The molecule has 5 N–H and O–H groups in total. The lowest BCUT2D eigenvalue weighted by Crippen LogP contribution is -2.43. The van der Waals surface area contributed by atoms with E-state index in [-0.39, 0.29) is 12.3 Å². The number of hydrogen-bond donors (Lipinski definition) is 3. The van der Waals surface area contributed by atoms with Crippen LogP contribution in [0, 0.1) is 0 Å². The minimum Gasteiger partial charge on any atom is -0.497 e. The molecule has 6 nitrogen and oxygen atoms in total. The summed E-state index contributed by atoms with van der Waals surface area (Å²) in [7, 11) is 1.60. The maximum absolute atomic E-state index is 11.5. The maximum atomic E-state index is 11.5. The van der Waals surface area contributed by atoms with Gasteiger partial charge in [0, 0.05) is 6.54 Å². The third kappa shape index (κ3) is 5.39. The molecule has 1 rings (SSSR count). The Labute approximate surface area is 112 Å². The summed E-state index contributed by atoms with van der Waals surface area (Å²) in [6.45, 7) is 0.443. The summed E-state index contributed by atoms with van der Waals surface area (Å²) >= 11 is 0. The monoisotopic (exact) mass is 265 g/mol. The van der Waals surface area contributed by atoms with Gasteiger partial charge in [-0.25, -0.2) is 0 Å². The van der Waals surface area contributed by atoms with Crippen LogP contribution < -0.4 is 21.5 Å². The van der Waals surface area contributed by atoms with E-state index in [1.165, 1.54) is 0 Å². The molecule has 0 spiro atoms. The number of ether oxygens (including phenoxy) is 1. The van der Waals surface area contributed by atoms with Crippen molar-refractivity contribution in [3.05, 3.63) is 29.8 Å². The second-order valence-electron chi connectivity index (χ2n) is 4.17. The number of hydrogen-bond acceptors (Lipinski definition) is 4. The third-order valence-corrected chi connectivity index (χ3v) is 2.60. The number of nitrogens with two attached hydrogens (primary N) is 2. The summed E-state index contributed by atoms with van der Waals surface area (Å²) in [5.74, 6) is -0.189. The van der Waals surface area contributed by atoms with Gasteiger partial charge in [-0.05, 0) is 24.1 Å². The van der Waals surface area contributed by atoms with Gasteiger partial charge in [0.05, 0.1) is 19.6 Å². The highest BCUT2D eigenvalue weighted by Crippen LogP contribution is 2.12. The number of primary amides is 1. The highest BCUT2D eigenvalue weighted by molar-refractivity contribution is 5.87. The molecule has 1 aromatic carbocycles. The van der Waals surface area contributed by atoms with Gasteiger partial charge in [-0.1, -0.05) is 12.1 Å². The predicted octanol–water partition coefficient (Wildman–Crippen LogP) is -0.443. The van der Waals surface area contributed by atoms with Crippen molar-refractivity contribution in [3.8, 4) is 5.75 Å². The van der Waals surface area contributed by atoms with Crippen LogP contribution in [0.25, 0.3) is 0 Å². The zero-order valence-electron chi connectivity index (χ0n) is 10.9. The summed E-state index contributed by atoms with van der Waals surface area (Å²) in [5.41, 5.74) is 11.5. The van der Waals surface area contributed by atoms with Crippen molar-refractivity contribution in [3.63, 3.8) is 0 Å². The molecule has 0 saturated heterocycles. The Morgan fingerprint density at radius 3 is 2.79 bits per heavy atom. The van der Waals surface area contributed by atoms with Crippen LogP contribution in [-0.4, -0.2) is 31.5 Å². The molecule has 0 aliphatic rings. The summed E-state index contributed by atoms with van der Waals surface area (Å²) < 4.78 is 5.11. The number of amides is 2. The summed E-state index contributed by atoms with van der Waals surface area (Å²) in [5, 5.41) is 2.66. The van der Waals surface area contributed by atoms with Crippen molar-refractivity contribution in [1.29, 1.82) is 0 Å². The van der Waals surface area contributed by atoms with E-state index in [2.05, 4.69) is 5.32 Å². The van der Waals surface area contributed by atoms with Crippen molar-refractivity contribution in [2.75, 3.05) is 13.7 Å². The average molecular weight is 265 g/mol. The van der Waals surface area contributed by atoms with Crippen LogP contribution in [0.4, 0.5) is 0 Å². The zero-order valence-corrected chi connectivity index (χ0v) is 10.9. The molecule has 1 aromatic rings. The van der Waals surface area contributed by atoms with E-state index < -0.39 is 11.9 Å². The molecule has 104 valence electrons. The number of rotatable bonds is 7. The quantitative estimate of drug-likeness (QED) is 0.621. The molecule has 0 aliphatic heterocycles. The van der Waals surface area contributed by atoms with Gasteiger partial charge in [-0.15, -0.1) is 0 Å². The van der Waals surface area contributed by atoms with Gasteiger partial charge in [0.25, 0.3) is 0 Å². The molecule has 0 radical (unpaired) electrons. The topological polar surface area (TPSA) is 107 Å². The van der Waals surface area contributed by atoms with Crippen LogP contribution in [-0.2, 0) is 16.0 Å². The molecule has 0 bridgehead atoms. The van der Waals surface area contributed by atoms with E-state index in [9.17, 15) is 9.59 Å². The first-order valence-electron chi connectivity index (χ1n) is 5.97. The van der Waals surface area contributed by atoms with Crippen LogP contribution in [0.1, 0.15) is 12.0 Å². The second-order valence-corrected chi connectivity index (χ2v) is 4.17. The number of carbonyl (C=O) groups excluding carboxylic acids is 2. The molecule has 0 saturated carbocycles. The van der Waals surface area contributed by atoms with Crippen LogP contribution in [0.3, 0.4) is 0 Å². The molecule has 0 fully saturated rings. The third-order valence-electron chi connectivity index (χ3n) is 2.60. The Bertz CT molecular complexity index is 449.